The molecule has 3 amide bonds. The monoisotopic (exact) mass is 465 g/mol. The molecule has 0 rings (SSSR count). The van der Waals surface area contributed by atoms with E-state index < -0.39 is 60.6 Å². The summed E-state index contributed by atoms with van der Waals surface area (Å²) in [4.78, 5) is 51.8. The summed E-state index contributed by atoms with van der Waals surface area (Å²) in [5, 5.41) is 34.6. The molecule has 0 bridgehead atoms. The standard InChI is InChI=1S/C16H31N7O7S/c1-7(25)11(15(29)30)23-14(28)10(5-24)22-13(27)9(3-2-4-20-16(18)19)21-12(26)8(17)6-31/h7-11,24-25,31H,2-6,17H2,1H3,(H,21,26)(H,22,27)(H,23,28)(H,29,30)(H4,18,19,20). The van der Waals surface area contributed by atoms with Gasteiger partial charge in [0.1, 0.15) is 12.1 Å². The van der Waals surface area contributed by atoms with Crippen LogP contribution in [0.2, 0.25) is 0 Å². The quantitative estimate of drug-likeness (QED) is 0.0506. The first kappa shape index (κ1) is 28.4. The third kappa shape index (κ3) is 10.8. The number of carboxylic acids is 1. The van der Waals surface area contributed by atoms with Gasteiger partial charge in [0.05, 0.1) is 18.8 Å². The number of aliphatic hydroxyl groups excluding tert-OH is 2. The number of hydrogen-bond donors (Lipinski definition) is 10. The molecule has 12 N–H and O–H groups in total. The number of nitrogens with two attached hydrogens (primary N) is 3. The Morgan fingerprint density at radius 2 is 1.58 bits per heavy atom. The van der Waals surface area contributed by atoms with Gasteiger partial charge in [-0.05, 0) is 19.8 Å². The summed E-state index contributed by atoms with van der Waals surface area (Å²) in [7, 11) is 0. The number of carboxylic acid groups (broad SMARTS) is 1. The van der Waals surface area contributed by atoms with Crippen LogP contribution < -0.4 is 33.2 Å². The number of carbonyl (C=O) groups excluding carboxylic acids is 3. The van der Waals surface area contributed by atoms with Crippen LogP contribution >= 0.6 is 12.6 Å². The number of guanidine groups is 1. The van der Waals surface area contributed by atoms with Crippen molar-refractivity contribution in [1.82, 2.24) is 16.0 Å². The normalized spacial score (nSPS) is 15.5. The van der Waals surface area contributed by atoms with E-state index in [1.165, 1.54) is 0 Å². The highest BCUT2D eigenvalue weighted by molar-refractivity contribution is 7.80. The minimum atomic E-state index is -1.65. The van der Waals surface area contributed by atoms with E-state index >= 15 is 0 Å². The topological polar surface area (TPSA) is 255 Å². The predicted octanol–water partition coefficient (Wildman–Crippen LogP) is -4.79. The molecule has 0 spiro atoms. The highest BCUT2D eigenvalue weighted by atomic mass is 32.1. The third-order valence-corrected chi connectivity index (χ3v) is 4.37. The number of amides is 3. The van der Waals surface area contributed by atoms with E-state index in [1.54, 1.807) is 0 Å². The summed E-state index contributed by atoms with van der Waals surface area (Å²) in [5.74, 6) is -4.17. The zero-order valence-electron chi connectivity index (χ0n) is 17.0. The molecule has 0 heterocycles. The lowest BCUT2D eigenvalue weighted by molar-refractivity contribution is -0.145. The Bertz CT molecular complexity index is 658. The van der Waals surface area contributed by atoms with Crippen molar-refractivity contribution in [1.29, 1.82) is 0 Å². The number of aliphatic imine (C=N–C) groups is 1. The molecule has 5 atom stereocenters. The van der Waals surface area contributed by atoms with Gasteiger partial charge in [-0.3, -0.25) is 19.4 Å². The van der Waals surface area contributed by atoms with Gasteiger partial charge in [0.25, 0.3) is 0 Å². The minimum Gasteiger partial charge on any atom is -0.480 e. The van der Waals surface area contributed by atoms with Crippen LogP contribution in [0.25, 0.3) is 0 Å². The van der Waals surface area contributed by atoms with Crippen molar-refractivity contribution in [2.45, 2.75) is 50.0 Å². The summed E-state index contributed by atoms with van der Waals surface area (Å²) in [5.41, 5.74) is 16.0. The zero-order chi connectivity index (χ0) is 24.1. The Morgan fingerprint density at radius 1 is 1.03 bits per heavy atom. The maximum absolute atomic E-state index is 12.6. The summed E-state index contributed by atoms with van der Waals surface area (Å²) in [6.45, 7) is 0.451. The zero-order valence-corrected chi connectivity index (χ0v) is 17.9. The first-order valence-electron chi connectivity index (χ1n) is 9.29. The Kier molecular flexibility index (Phi) is 13.2. The predicted molar refractivity (Wildman–Crippen MR) is 114 cm³/mol. The van der Waals surface area contributed by atoms with Gasteiger partial charge in [-0.2, -0.15) is 12.6 Å². The van der Waals surface area contributed by atoms with Crippen LogP contribution in [0.15, 0.2) is 4.99 Å². The second-order valence-electron chi connectivity index (χ2n) is 6.61. The van der Waals surface area contributed by atoms with Crippen LogP contribution in [0.5, 0.6) is 0 Å². The van der Waals surface area contributed by atoms with Crippen LogP contribution in [-0.2, 0) is 19.2 Å². The van der Waals surface area contributed by atoms with E-state index in [9.17, 15) is 29.4 Å². The van der Waals surface area contributed by atoms with Crippen molar-refractivity contribution < 1.29 is 34.5 Å². The van der Waals surface area contributed by atoms with E-state index in [0.29, 0.717) is 0 Å². The second kappa shape index (κ2) is 14.4. The fourth-order valence-corrected chi connectivity index (χ4v) is 2.41. The lowest BCUT2D eigenvalue weighted by atomic mass is 10.1. The number of aliphatic carboxylic acids is 1. The van der Waals surface area contributed by atoms with Crippen molar-refractivity contribution in [3.8, 4) is 0 Å². The minimum absolute atomic E-state index is 0.0196. The molecule has 0 aliphatic heterocycles. The molecule has 0 aliphatic carbocycles. The van der Waals surface area contributed by atoms with Gasteiger partial charge in [0, 0.05) is 12.3 Å². The highest BCUT2D eigenvalue weighted by Crippen LogP contribution is 2.02. The van der Waals surface area contributed by atoms with Gasteiger partial charge in [0.2, 0.25) is 17.7 Å². The van der Waals surface area contributed by atoms with Crippen LogP contribution in [0.4, 0.5) is 0 Å². The first-order valence-corrected chi connectivity index (χ1v) is 9.92. The van der Waals surface area contributed by atoms with E-state index in [-0.39, 0.29) is 31.1 Å². The maximum atomic E-state index is 12.6. The summed E-state index contributed by atoms with van der Waals surface area (Å²) in [6, 6.07) is -5.33. The van der Waals surface area contributed by atoms with Crippen molar-refractivity contribution in [2.24, 2.45) is 22.2 Å². The molecular weight excluding hydrogens is 434 g/mol. The second-order valence-corrected chi connectivity index (χ2v) is 6.97. The van der Waals surface area contributed by atoms with Crippen molar-refractivity contribution in [3.63, 3.8) is 0 Å². The van der Waals surface area contributed by atoms with Crippen molar-refractivity contribution >= 4 is 42.3 Å². The maximum Gasteiger partial charge on any atom is 0.328 e. The lowest BCUT2D eigenvalue weighted by Gasteiger charge is -2.24. The molecule has 0 aromatic rings. The Hall–Kier alpha value is -2.62. The Labute approximate surface area is 184 Å². The van der Waals surface area contributed by atoms with E-state index in [2.05, 4.69) is 28.3 Å². The molecule has 0 radical (unpaired) electrons. The SMILES string of the molecule is CC(O)C(NC(=O)C(CO)NC(=O)C(CCCN=C(N)N)NC(=O)C(N)CS)C(=O)O. The van der Waals surface area contributed by atoms with Gasteiger partial charge >= 0.3 is 5.97 Å². The van der Waals surface area contributed by atoms with Crippen molar-refractivity contribution in [2.75, 3.05) is 18.9 Å². The number of nitrogens with one attached hydrogen (secondary N) is 3. The molecule has 0 aromatic carbocycles. The number of aliphatic hydroxyl groups is 2. The van der Waals surface area contributed by atoms with Gasteiger partial charge in [-0.15, -0.1) is 0 Å². The molecule has 0 saturated heterocycles. The number of nitrogens with zero attached hydrogens (tertiary/aromatic N) is 1. The molecule has 0 aliphatic rings. The molecular formula is C16H31N7O7S. The molecule has 15 heteroatoms. The first-order chi connectivity index (χ1) is 14.4. The van der Waals surface area contributed by atoms with Crippen LogP contribution in [-0.4, -0.2) is 94.1 Å². The van der Waals surface area contributed by atoms with E-state index in [1.807, 2.05) is 5.32 Å². The van der Waals surface area contributed by atoms with Gasteiger partial charge < -0.3 is 48.5 Å². The third-order valence-electron chi connectivity index (χ3n) is 3.97. The molecule has 5 unspecified atom stereocenters. The molecule has 14 nitrogen and oxygen atoms in total. The molecule has 31 heavy (non-hydrogen) atoms. The largest absolute Gasteiger partial charge is 0.480 e. The highest BCUT2D eigenvalue weighted by Gasteiger charge is 2.31. The molecule has 0 saturated carbocycles. The van der Waals surface area contributed by atoms with E-state index in [4.69, 9.17) is 22.3 Å². The lowest BCUT2D eigenvalue weighted by Crippen LogP contribution is -2.59. The van der Waals surface area contributed by atoms with E-state index in [0.717, 1.165) is 6.92 Å². The number of thiol groups is 1. The van der Waals surface area contributed by atoms with Crippen LogP contribution in [0.1, 0.15) is 19.8 Å². The fourth-order valence-electron chi connectivity index (χ4n) is 2.24. The fraction of sp³-hybridized carbons (Fsp3) is 0.688. The Morgan fingerprint density at radius 3 is 2.03 bits per heavy atom. The summed E-state index contributed by atoms with van der Waals surface area (Å²) in [6.07, 6.45) is -1.08. The summed E-state index contributed by atoms with van der Waals surface area (Å²) < 4.78 is 0. The molecule has 0 aromatic heterocycles. The average Bonchev–Trinajstić information content (AvgIpc) is 2.70. The number of hydrogen-bond acceptors (Lipinski definition) is 9. The number of rotatable bonds is 14. The Balaban J connectivity index is 5.26. The smallest absolute Gasteiger partial charge is 0.328 e. The van der Waals surface area contributed by atoms with Crippen molar-refractivity contribution in [3.05, 3.63) is 0 Å². The van der Waals surface area contributed by atoms with Gasteiger partial charge in [-0.1, -0.05) is 0 Å². The van der Waals surface area contributed by atoms with Gasteiger partial charge in [0.15, 0.2) is 12.0 Å². The molecule has 0 fully saturated rings. The average molecular weight is 466 g/mol. The number of carbonyl (C=O) groups is 4. The van der Waals surface area contributed by atoms with Crippen LogP contribution in [0, 0.1) is 0 Å². The van der Waals surface area contributed by atoms with Gasteiger partial charge in [-0.25, -0.2) is 4.79 Å². The van der Waals surface area contributed by atoms with Crippen LogP contribution in [0.3, 0.4) is 0 Å². The molecule has 178 valence electrons. The summed E-state index contributed by atoms with van der Waals surface area (Å²) >= 11 is 3.91.